The second-order valence-corrected chi connectivity index (χ2v) is 5.12. The summed E-state index contributed by atoms with van der Waals surface area (Å²) in [5.74, 6) is 0.737. The largest absolute Gasteiger partial charge is 0.0804 e. The summed E-state index contributed by atoms with van der Waals surface area (Å²) >= 11 is 0. The van der Waals surface area contributed by atoms with Crippen LogP contribution in [0.1, 0.15) is 25.7 Å². The van der Waals surface area contributed by atoms with E-state index in [4.69, 9.17) is 0 Å². The van der Waals surface area contributed by atoms with Crippen LogP contribution in [-0.4, -0.2) is 0 Å². The molecule has 14 heavy (non-hydrogen) atoms. The van der Waals surface area contributed by atoms with Gasteiger partial charge in [-0.15, -0.1) is 0 Å². The van der Waals surface area contributed by atoms with E-state index in [0.717, 1.165) is 5.92 Å². The quantitative estimate of drug-likeness (QED) is 0.544. The summed E-state index contributed by atoms with van der Waals surface area (Å²) in [6, 6.07) is 0. The van der Waals surface area contributed by atoms with Crippen LogP contribution in [-0.2, 0) is 0 Å². The van der Waals surface area contributed by atoms with Gasteiger partial charge >= 0.3 is 0 Å². The normalized spacial score (nSPS) is 41.7. The van der Waals surface area contributed by atoms with Gasteiger partial charge in [0.2, 0.25) is 0 Å². The SMILES string of the molecule is C1=CC2(C3=C4CCC(=C3)C4)C=CC1C2. The molecule has 0 radical (unpaired) electrons. The lowest BCUT2D eigenvalue weighted by molar-refractivity contribution is 0.571. The van der Waals surface area contributed by atoms with Crippen molar-refractivity contribution in [3.8, 4) is 0 Å². The molecule has 1 fully saturated rings. The monoisotopic (exact) mass is 182 g/mol. The van der Waals surface area contributed by atoms with Crippen LogP contribution in [0, 0.1) is 11.3 Å². The summed E-state index contributed by atoms with van der Waals surface area (Å²) in [6.07, 6.45) is 17.4. The predicted octanol–water partition coefficient (Wildman–Crippen LogP) is 3.54. The smallest absolute Gasteiger partial charge is 0.0320 e. The van der Waals surface area contributed by atoms with Crippen molar-refractivity contribution in [2.45, 2.75) is 25.7 Å². The fourth-order valence-electron chi connectivity index (χ4n) is 3.55. The van der Waals surface area contributed by atoms with Gasteiger partial charge in [-0.1, -0.05) is 41.5 Å². The minimum absolute atomic E-state index is 0.335. The molecule has 0 nitrogen and oxygen atoms in total. The molecule has 0 aromatic heterocycles. The molecule has 0 unspecified atom stereocenters. The molecule has 0 aromatic rings. The van der Waals surface area contributed by atoms with Crippen LogP contribution in [0.2, 0.25) is 0 Å². The minimum Gasteiger partial charge on any atom is -0.0804 e. The highest BCUT2D eigenvalue weighted by molar-refractivity contribution is 5.54. The fraction of sp³-hybridized carbons (Fsp3) is 0.429. The molecule has 0 spiro atoms. The summed E-state index contributed by atoms with van der Waals surface area (Å²) in [4.78, 5) is 0. The molecule has 0 heterocycles. The third-order valence-corrected chi connectivity index (χ3v) is 4.27. The first kappa shape index (κ1) is 7.28. The van der Waals surface area contributed by atoms with Crippen LogP contribution in [0.5, 0.6) is 0 Å². The number of allylic oxidation sites excluding steroid dienone is 8. The van der Waals surface area contributed by atoms with Crippen LogP contribution >= 0.6 is 0 Å². The summed E-state index contributed by atoms with van der Waals surface area (Å²) in [6.45, 7) is 0. The fourth-order valence-corrected chi connectivity index (χ4v) is 3.55. The topological polar surface area (TPSA) is 0 Å². The van der Waals surface area contributed by atoms with Crippen LogP contribution in [0.25, 0.3) is 0 Å². The maximum absolute atomic E-state index is 2.49. The summed E-state index contributed by atoms with van der Waals surface area (Å²) < 4.78 is 0. The van der Waals surface area contributed by atoms with Crippen molar-refractivity contribution in [1.82, 2.24) is 0 Å². The number of hydrogen-bond donors (Lipinski definition) is 0. The zero-order valence-corrected chi connectivity index (χ0v) is 8.29. The Morgan fingerprint density at radius 3 is 2.50 bits per heavy atom. The van der Waals surface area contributed by atoms with E-state index in [1.54, 1.807) is 16.7 Å². The zero-order chi connectivity index (χ0) is 9.17. The predicted molar refractivity (Wildman–Crippen MR) is 57.8 cm³/mol. The van der Waals surface area contributed by atoms with Gasteiger partial charge in [0, 0.05) is 5.41 Å². The van der Waals surface area contributed by atoms with Crippen LogP contribution in [0.3, 0.4) is 0 Å². The van der Waals surface area contributed by atoms with Gasteiger partial charge in [0.15, 0.2) is 0 Å². The van der Waals surface area contributed by atoms with Crippen LogP contribution in [0.4, 0.5) is 0 Å². The molecule has 4 bridgehead atoms. The molecule has 0 atom stereocenters. The van der Waals surface area contributed by atoms with E-state index in [1.165, 1.54) is 25.7 Å². The Hall–Kier alpha value is -1.04. The molecule has 0 heteroatoms. The Kier molecular flexibility index (Phi) is 1.11. The number of hydrogen-bond acceptors (Lipinski definition) is 0. The van der Waals surface area contributed by atoms with E-state index < -0.39 is 0 Å². The molecular formula is C14H14. The lowest BCUT2D eigenvalue weighted by Crippen LogP contribution is -2.13. The molecular weight excluding hydrogens is 168 g/mol. The van der Waals surface area contributed by atoms with Crippen LogP contribution in [0.15, 0.2) is 47.1 Å². The van der Waals surface area contributed by atoms with E-state index >= 15 is 0 Å². The molecule has 0 N–H and O–H groups in total. The van der Waals surface area contributed by atoms with Gasteiger partial charge in [-0.2, -0.15) is 0 Å². The Morgan fingerprint density at radius 2 is 2.00 bits per heavy atom. The van der Waals surface area contributed by atoms with Gasteiger partial charge in [0.05, 0.1) is 0 Å². The third kappa shape index (κ3) is 0.716. The molecule has 0 saturated heterocycles. The van der Waals surface area contributed by atoms with Crippen molar-refractivity contribution in [3.05, 3.63) is 47.1 Å². The first-order valence-corrected chi connectivity index (χ1v) is 5.66. The van der Waals surface area contributed by atoms with E-state index in [9.17, 15) is 0 Å². The first-order valence-electron chi connectivity index (χ1n) is 5.66. The van der Waals surface area contributed by atoms with Crippen molar-refractivity contribution < 1.29 is 0 Å². The maximum Gasteiger partial charge on any atom is 0.0320 e. The Labute approximate surface area is 84.7 Å². The highest BCUT2D eigenvalue weighted by Crippen LogP contribution is 2.55. The number of rotatable bonds is 1. The summed E-state index contributed by atoms with van der Waals surface area (Å²) in [5, 5.41) is 0. The van der Waals surface area contributed by atoms with E-state index in [0.29, 0.717) is 5.41 Å². The second kappa shape index (κ2) is 2.13. The zero-order valence-electron chi connectivity index (χ0n) is 8.29. The van der Waals surface area contributed by atoms with Crippen molar-refractivity contribution in [3.63, 3.8) is 0 Å². The molecule has 4 rings (SSSR count). The molecule has 0 amide bonds. The average Bonchev–Trinajstić information content (AvgIpc) is 2.98. The van der Waals surface area contributed by atoms with Crippen molar-refractivity contribution >= 4 is 0 Å². The van der Waals surface area contributed by atoms with Gasteiger partial charge in [-0.25, -0.2) is 0 Å². The molecule has 0 aliphatic heterocycles. The van der Waals surface area contributed by atoms with E-state index in [-0.39, 0.29) is 0 Å². The molecule has 0 aromatic carbocycles. The Balaban J connectivity index is 1.87. The van der Waals surface area contributed by atoms with Gasteiger partial charge < -0.3 is 0 Å². The van der Waals surface area contributed by atoms with Gasteiger partial charge in [0.1, 0.15) is 0 Å². The van der Waals surface area contributed by atoms with E-state index in [2.05, 4.69) is 30.4 Å². The highest BCUT2D eigenvalue weighted by Gasteiger charge is 2.42. The summed E-state index contributed by atoms with van der Waals surface area (Å²) in [7, 11) is 0. The summed E-state index contributed by atoms with van der Waals surface area (Å²) in [5.41, 5.74) is 5.41. The Bertz CT molecular complexity index is 415. The first-order chi connectivity index (χ1) is 6.86. The standard InChI is InChI=1S/C14H14/c1-2-12-7-11(1)8-13(12)14-5-3-10(9-14)4-6-14/h3-6,8,10H,1-2,7,9H2. The molecule has 4 aliphatic carbocycles. The van der Waals surface area contributed by atoms with Gasteiger partial charge in [-0.3, -0.25) is 0 Å². The van der Waals surface area contributed by atoms with Gasteiger partial charge in [-0.05, 0) is 37.2 Å². The van der Waals surface area contributed by atoms with Crippen molar-refractivity contribution in [1.29, 1.82) is 0 Å². The lowest BCUT2D eigenvalue weighted by atomic mass is 9.79. The molecule has 70 valence electrons. The average molecular weight is 182 g/mol. The third-order valence-electron chi connectivity index (χ3n) is 4.27. The lowest BCUT2D eigenvalue weighted by Gasteiger charge is -2.24. The van der Waals surface area contributed by atoms with Crippen LogP contribution < -0.4 is 0 Å². The second-order valence-electron chi connectivity index (χ2n) is 5.12. The van der Waals surface area contributed by atoms with E-state index in [1.807, 2.05) is 0 Å². The molecule has 4 aliphatic rings. The van der Waals surface area contributed by atoms with Crippen molar-refractivity contribution in [2.24, 2.45) is 11.3 Å². The Morgan fingerprint density at radius 1 is 1.14 bits per heavy atom. The molecule has 1 saturated carbocycles. The minimum atomic E-state index is 0.335. The number of fused-ring (bicyclic) bond motifs is 4. The maximum atomic E-state index is 2.49. The van der Waals surface area contributed by atoms with Crippen molar-refractivity contribution in [2.75, 3.05) is 0 Å². The highest BCUT2D eigenvalue weighted by atomic mass is 14.5. The van der Waals surface area contributed by atoms with Gasteiger partial charge in [0.25, 0.3) is 0 Å².